The minimum Gasteiger partial charge on any atom is -0.390 e. The molecule has 1 N–H and O–H groups in total. The van der Waals surface area contributed by atoms with Crippen molar-refractivity contribution in [2.75, 3.05) is 6.61 Å². The molecule has 1 aliphatic rings. The first-order chi connectivity index (χ1) is 13.0. The smallest absolute Gasteiger partial charge is 0.0654 e. The lowest BCUT2D eigenvalue weighted by Crippen LogP contribution is -2.34. The van der Waals surface area contributed by atoms with Crippen LogP contribution in [0.4, 0.5) is 0 Å². The molecule has 0 aromatic heterocycles. The Morgan fingerprint density at radius 3 is 2.07 bits per heavy atom. The maximum Gasteiger partial charge on any atom is 0.0654 e. The van der Waals surface area contributed by atoms with Gasteiger partial charge >= 0.3 is 0 Å². The topological polar surface area (TPSA) is 29.5 Å². The molecule has 0 aliphatic heterocycles. The predicted molar refractivity (Wildman–Crippen MR) is 123 cm³/mol. The average Bonchev–Trinajstić information content (AvgIpc) is 2.59. The summed E-state index contributed by atoms with van der Waals surface area (Å²) in [6.07, 6.45) is 15.7. The van der Waals surface area contributed by atoms with Gasteiger partial charge in [-0.05, 0) is 63.7 Å². The second kappa shape index (κ2) is 12.6. The van der Waals surface area contributed by atoms with E-state index >= 15 is 0 Å². The number of ether oxygens (including phenoxy) is 1. The van der Waals surface area contributed by atoms with Crippen LogP contribution in [0.5, 0.6) is 0 Å². The van der Waals surface area contributed by atoms with E-state index in [4.69, 9.17) is 4.74 Å². The summed E-state index contributed by atoms with van der Waals surface area (Å²) in [6.45, 7) is 16.1. The fourth-order valence-corrected chi connectivity index (χ4v) is 4.73. The van der Waals surface area contributed by atoms with Crippen LogP contribution in [0.3, 0.4) is 0 Å². The first kappa shape index (κ1) is 26.0. The Bertz CT molecular complexity index is 390. The van der Waals surface area contributed by atoms with Gasteiger partial charge in [0.15, 0.2) is 0 Å². The molecule has 0 radical (unpaired) electrons. The van der Waals surface area contributed by atoms with Gasteiger partial charge in [0.05, 0.1) is 17.8 Å². The Labute approximate surface area is 177 Å². The van der Waals surface area contributed by atoms with Crippen molar-refractivity contribution in [2.45, 2.75) is 137 Å². The lowest BCUT2D eigenvalue weighted by atomic mass is 9.75. The molecule has 2 atom stereocenters. The monoisotopic (exact) mass is 396 g/mol. The zero-order valence-corrected chi connectivity index (χ0v) is 20.4. The van der Waals surface area contributed by atoms with Crippen molar-refractivity contribution in [3.05, 3.63) is 0 Å². The fourth-order valence-electron chi connectivity index (χ4n) is 4.73. The van der Waals surface area contributed by atoms with E-state index in [9.17, 15) is 5.11 Å². The first-order valence-electron chi connectivity index (χ1n) is 12.4. The van der Waals surface area contributed by atoms with E-state index in [1.807, 2.05) is 13.8 Å². The lowest BCUT2D eigenvalue weighted by molar-refractivity contribution is -0.0735. The van der Waals surface area contributed by atoms with Crippen LogP contribution in [0, 0.1) is 23.7 Å². The molecule has 2 heteroatoms. The molecule has 0 aromatic carbocycles. The second-order valence-electron chi connectivity index (χ2n) is 11.3. The first-order valence-corrected chi connectivity index (χ1v) is 12.4. The summed E-state index contributed by atoms with van der Waals surface area (Å²) in [6, 6.07) is 0. The molecule has 28 heavy (non-hydrogen) atoms. The van der Waals surface area contributed by atoms with Gasteiger partial charge in [0.2, 0.25) is 0 Å². The maximum absolute atomic E-state index is 9.92. The largest absolute Gasteiger partial charge is 0.390 e. The highest BCUT2D eigenvalue weighted by Gasteiger charge is 2.30. The van der Waals surface area contributed by atoms with Crippen molar-refractivity contribution < 1.29 is 9.84 Å². The molecule has 168 valence electrons. The standard InChI is InChI=1S/C26H52O2/c1-8-26(7,28-19-18-25(5,6)27)20-24-16-14-23(15-17-24)13-12-22(4)11-9-10-21(2)3/h21-24,27H,8-20H2,1-7H3. The van der Waals surface area contributed by atoms with Gasteiger partial charge in [-0.25, -0.2) is 0 Å². The number of rotatable bonds is 14. The van der Waals surface area contributed by atoms with E-state index in [1.165, 1.54) is 64.2 Å². The third kappa shape index (κ3) is 11.8. The number of hydrogen-bond donors (Lipinski definition) is 1. The zero-order chi connectivity index (χ0) is 21.2. The Balaban J connectivity index is 2.25. The van der Waals surface area contributed by atoms with Crippen LogP contribution >= 0.6 is 0 Å². The van der Waals surface area contributed by atoms with Crippen molar-refractivity contribution in [3.63, 3.8) is 0 Å². The minimum absolute atomic E-state index is 0.0202. The van der Waals surface area contributed by atoms with Gasteiger partial charge in [-0.15, -0.1) is 0 Å². The normalized spacial score (nSPS) is 24.3. The Kier molecular flexibility index (Phi) is 11.7. The zero-order valence-electron chi connectivity index (χ0n) is 20.4. The molecule has 2 unspecified atom stereocenters. The molecule has 0 saturated heterocycles. The van der Waals surface area contributed by atoms with Crippen LogP contribution in [-0.4, -0.2) is 22.9 Å². The summed E-state index contributed by atoms with van der Waals surface area (Å²) in [5.41, 5.74) is -0.647. The second-order valence-corrected chi connectivity index (χ2v) is 11.3. The van der Waals surface area contributed by atoms with Gasteiger partial charge in [0, 0.05) is 0 Å². The molecular formula is C26H52O2. The van der Waals surface area contributed by atoms with Crippen molar-refractivity contribution in [1.82, 2.24) is 0 Å². The highest BCUT2D eigenvalue weighted by Crippen LogP contribution is 2.38. The molecule has 1 aliphatic carbocycles. The van der Waals surface area contributed by atoms with Gasteiger partial charge in [-0.1, -0.05) is 85.5 Å². The molecule has 1 fully saturated rings. The fraction of sp³-hybridized carbons (Fsp3) is 1.00. The van der Waals surface area contributed by atoms with E-state index in [0.717, 1.165) is 30.1 Å². The van der Waals surface area contributed by atoms with E-state index < -0.39 is 5.60 Å². The number of hydrogen-bond acceptors (Lipinski definition) is 2. The third-order valence-corrected chi connectivity index (χ3v) is 7.15. The Morgan fingerprint density at radius 2 is 1.54 bits per heavy atom. The number of aliphatic hydroxyl groups is 1. The van der Waals surface area contributed by atoms with Crippen molar-refractivity contribution in [1.29, 1.82) is 0 Å². The summed E-state index contributed by atoms with van der Waals surface area (Å²) >= 11 is 0. The quantitative estimate of drug-likeness (QED) is 0.325. The Morgan fingerprint density at radius 1 is 0.929 bits per heavy atom. The minimum atomic E-state index is -0.626. The predicted octanol–water partition coefficient (Wildman–Crippen LogP) is 7.77. The molecule has 2 nitrogen and oxygen atoms in total. The van der Waals surface area contributed by atoms with Gasteiger partial charge in [0.1, 0.15) is 0 Å². The van der Waals surface area contributed by atoms with Crippen molar-refractivity contribution >= 4 is 0 Å². The average molecular weight is 397 g/mol. The molecule has 1 rings (SSSR count). The summed E-state index contributed by atoms with van der Waals surface area (Å²) in [4.78, 5) is 0. The summed E-state index contributed by atoms with van der Waals surface area (Å²) < 4.78 is 6.26. The summed E-state index contributed by atoms with van der Waals surface area (Å²) in [5, 5.41) is 9.92. The highest BCUT2D eigenvalue weighted by atomic mass is 16.5. The van der Waals surface area contributed by atoms with Crippen molar-refractivity contribution in [2.24, 2.45) is 23.7 Å². The molecule has 0 amide bonds. The van der Waals surface area contributed by atoms with Crippen LogP contribution in [0.2, 0.25) is 0 Å². The van der Waals surface area contributed by atoms with E-state index in [0.29, 0.717) is 13.0 Å². The van der Waals surface area contributed by atoms with Gasteiger partial charge in [-0.2, -0.15) is 0 Å². The molecule has 0 heterocycles. The molecule has 1 saturated carbocycles. The summed E-state index contributed by atoms with van der Waals surface area (Å²) in [7, 11) is 0. The van der Waals surface area contributed by atoms with Crippen LogP contribution in [0.25, 0.3) is 0 Å². The van der Waals surface area contributed by atoms with Crippen LogP contribution in [0.15, 0.2) is 0 Å². The van der Waals surface area contributed by atoms with Gasteiger partial charge in [0.25, 0.3) is 0 Å². The van der Waals surface area contributed by atoms with Crippen LogP contribution in [-0.2, 0) is 4.74 Å². The van der Waals surface area contributed by atoms with Crippen LogP contribution in [0.1, 0.15) is 126 Å². The van der Waals surface area contributed by atoms with Crippen LogP contribution < -0.4 is 0 Å². The maximum atomic E-state index is 9.92. The van der Waals surface area contributed by atoms with Crippen molar-refractivity contribution in [3.8, 4) is 0 Å². The van der Waals surface area contributed by atoms with E-state index in [2.05, 4.69) is 34.6 Å². The summed E-state index contributed by atoms with van der Waals surface area (Å²) in [5.74, 6) is 3.55. The molecule has 0 aromatic rings. The lowest BCUT2D eigenvalue weighted by Gasteiger charge is -2.37. The molecular weight excluding hydrogens is 344 g/mol. The Hall–Kier alpha value is -0.0800. The highest BCUT2D eigenvalue weighted by molar-refractivity contribution is 4.82. The van der Waals surface area contributed by atoms with Gasteiger partial charge in [-0.3, -0.25) is 0 Å². The van der Waals surface area contributed by atoms with E-state index in [-0.39, 0.29) is 5.60 Å². The third-order valence-electron chi connectivity index (χ3n) is 7.15. The van der Waals surface area contributed by atoms with Gasteiger partial charge < -0.3 is 9.84 Å². The van der Waals surface area contributed by atoms with E-state index in [1.54, 1.807) is 0 Å². The molecule has 0 bridgehead atoms. The molecule has 0 spiro atoms. The SMILES string of the molecule is CCC(C)(CC1CCC(CCC(C)CCCC(C)C)CC1)OCCC(C)(C)O.